The van der Waals surface area contributed by atoms with E-state index in [0.717, 1.165) is 11.1 Å². The predicted octanol–water partition coefficient (Wildman–Crippen LogP) is 2.66. The Kier molecular flexibility index (Phi) is 6.39. The van der Waals surface area contributed by atoms with E-state index in [0.29, 0.717) is 23.7 Å². The molecule has 0 aliphatic heterocycles. The molecule has 0 fully saturated rings. The largest absolute Gasteiger partial charge is 0.497 e. The molecule has 0 aliphatic rings. The standard InChI is InChI=1S/C19H22N2O4/c1-13-5-4-6-14(9-13)12-20-18(22)11-19(23)21-16-8-7-15(24-2)10-17(16)25-3/h4-10H,11-12H2,1-3H3,(H,20,22)(H,21,23). The molecule has 2 aromatic rings. The van der Waals surface area contributed by atoms with Gasteiger partial charge in [-0.2, -0.15) is 0 Å². The Morgan fingerprint density at radius 3 is 2.48 bits per heavy atom. The van der Waals surface area contributed by atoms with Crippen LogP contribution in [0.4, 0.5) is 5.69 Å². The normalized spacial score (nSPS) is 10.0. The summed E-state index contributed by atoms with van der Waals surface area (Å²) in [6.45, 7) is 2.38. The highest BCUT2D eigenvalue weighted by Crippen LogP contribution is 2.29. The molecule has 2 N–H and O–H groups in total. The molecule has 0 saturated heterocycles. The van der Waals surface area contributed by atoms with Crippen LogP contribution in [0.3, 0.4) is 0 Å². The molecule has 0 radical (unpaired) electrons. The van der Waals surface area contributed by atoms with Gasteiger partial charge in [-0.25, -0.2) is 0 Å². The van der Waals surface area contributed by atoms with Gasteiger partial charge in [0.15, 0.2) is 0 Å². The average molecular weight is 342 g/mol. The SMILES string of the molecule is COc1ccc(NC(=O)CC(=O)NCc2cccc(C)c2)c(OC)c1. The number of rotatable bonds is 7. The van der Waals surface area contributed by atoms with Gasteiger partial charge >= 0.3 is 0 Å². The zero-order valence-electron chi connectivity index (χ0n) is 14.6. The van der Waals surface area contributed by atoms with Crippen LogP contribution in [0.5, 0.6) is 11.5 Å². The van der Waals surface area contributed by atoms with Gasteiger partial charge in [-0.05, 0) is 24.6 Å². The molecule has 2 aromatic carbocycles. The molecular weight excluding hydrogens is 320 g/mol. The fraction of sp³-hybridized carbons (Fsp3) is 0.263. The minimum Gasteiger partial charge on any atom is -0.497 e. The Bertz CT molecular complexity index is 759. The van der Waals surface area contributed by atoms with Crippen LogP contribution in [-0.2, 0) is 16.1 Å². The van der Waals surface area contributed by atoms with Crippen LogP contribution in [-0.4, -0.2) is 26.0 Å². The van der Waals surface area contributed by atoms with E-state index in [9.17, 15) is 9.59 Å². The van der Waals surface area contributed by atoms with Crippen LogP contribution >= 0.6 is 0 Å². The molecule has 0 saturated carbocycles. The molecular formula is C19H22N2O4. The van der Waals surface area contributed by atoms with Gasteiger partial charge in [0.25, 0.3) is 0 Å². The monoisotopic (exact) mass is 342 g/mol. The number of anilines is 1. The summed E-state index contributed by atoms with van der Waals surface area (Å²) in [5, 5.41) is 5.41. The van der Waals surface area contributed by atoms with Crippen LogP contribution in [0.25, 0.3) is 0 Å². The van der Waals surface area contributed by atoms with E-state index >= 15 is 0 Å². The summed E-state index contributed by atoms with van der Waals surface area (Å²) in [5.41, 5.74) is 2.60. The molecule has 0 spiro atoms. The van der Waals surface area contributed by atoms with Crippen molar-refractivity contribution in [2.75, 3.05) is 19.5 Å². The average Bonchev–Trinajstić information content (AvgIpc) is 2.60. The van der Waals surface area contributed by atoms with Gasteiger partial charge in [0, 0.05) is 12.6 Å². The van der Waals surface area contributed by atoms with Crippen LogP contribution in [0, 0.1) is 6.92 Å². The Morgan fingerprint density at radius 2 is 1.80 bits per heavy atom. The van der Waals surface area contributed by atoms with Gasteiger partial charge in [0.05, 0.1) is 19.9 Å². The lowest BCUT2D eigenvalue weighted by Gasteiger charge is -2.11. The Labute approximate surface area is 147 Å². The zero-order chi connectivity index (χ0) is 18.2. The molecule has 6 heteroatoms. The molecule has 2 rings (SSSR count). The number of amides is 2. The summed E-state index contributed by atoms with van der Waals surface area (Å²) in [4.78, 5) is 24.0. The fourth-order valence-corrected chi connectivity index (χ4v) is 2.33. The second-order valence-electron chi connectivity index (χ2n) is 5.56. The highest BCUT2D eigenvalue weighted by Gasteiger charge is 2.12. The maximum atomic E-state index is 12.1. The summed E-state index contributed by atoms with van der Waals surface area (Å²) in [5.74, 6) is 0.329. The molecule has 0 aliphatic carbocycles. The molecule has 0 bridgehead atoms. The topological polar surface area (TPSA) is 76.7 Å². The summed E-state index contributed by atoms with van der Waals surface area (Å²) >= 11 is 0. The lowest BCUT2D eigenvalue weighted by molar-refractivity contribution is -0.126. The first-order valence-electron chi connectivity index (χ1n) is 7.86. The summed E-state index contributed by atoms with van der Waals surface area (Å²) < 4.78 is 10.3. The molecule has 132 valence electrons. The zero-order valence-corrected chi connectivity index (χ0v) is 14.6. The summed E-state index contributed by atoms with van der Waals surface area (Å²) in [7, 11) is 3.05. The van der Waals surface area contributed by atoms with Crippen LogP contribution in [0.15, 0.2) is 42.5 Å². The first kappa shape index (κ1) is 18.3. The van der Waals surface area contributed by atoms with Gasteiger partial charge in [-0.1, -0.05) is 29.8 Å². The van der Waals surface area contributed by atoms with E-state index in [1.54, 1.807) is 25.3 Å². The van der Waals surface area contributed by atoms with Gasteiger partial charge in [-0.15, -0.1) is 0 Å². The summed E-state index contributed by atoms with van der Waals surface area (Å²) in [6, 6.07) is 12.9. The lowest BCUT2D eigenvalue weighted by atomic mass is 10.1. The van der Waals surface area contributed by atoms with Crippen molar-refractivity contribution in [1.82, 2.24) is 5.32 Å². The van der Waals surface area contributed by atoms with Gasteiger partial charge in [0.1, 0.15) is 17.9 Å². The van der Waals surface area contributed by atoms with E-state index < -0.39 is 5.91 Å². The number of hydrogen-bond acceptors (Lipinski definition) is 4. The number of nitrogens with one attached hydrogen (secondary N) is 2. The van der Waals surface area contributed by atoms with Crippen molar-refractivity contribution >= 4 is 17.5 Å². The van der Waals surface area contributed by atoms with Crippen molar-refractivity contribution in [3.8, 4) is 11.5 Å². The summed E-state index contributed by atoms with van der Waals surface area (Å²) in [6.07, 6.45) is -0.263. The minimum absolute atomic E-state index is 0.263. The molecule has 0 atom stereocenters. The molecule has 0 aromatic heterocycles. The van der Waals surface area contributed by atoms with E-state index in [2.05, 4.69) is 10.6 Å². The van der Waals surface area contributed by atoms with Gasteiger partial charge in [0.2, 0.25) is 11.8 Å². The second kappa shape index (κ2) is 8.73. The third kappa shape index (κ3) is 5.53. The third-order valence-corrected chi connectivity index (χ3v) is 3.58. The van der Waals surface area contributed by atoms with E-state index in [1.165, 1.54) is 7.11 Å². The van der Waals surface area contributed by atoms with E-state index in [-0.39, 0.29) is 12.3 Å². The maximum absolute atomic E-state index is 12.1. The van der Waals surface area contributed by atoms with E-state index in [1.807, 2.05) is 31.2 Å². The van der Waals surface area contributed by atoms with Gasteiger partial charge in [-0.3, -0.25) is 9.59 Å². The van der Waals surface area contributed by atoms with Crippen molar-refractivity contribution in [2.45, 2.75) is 19.9 Å². The van der Waals surface area contributed by atoms with Gasteiger partial charge < -0.3 is 20.1 Å². The Morgan fingerprint density at radius 1 is 1.00 bits per heavy atom. The molecule has 25 heavy (non-hydrogen) atoms. The number of methoxy groups -OCH3 is 2. The van der Waals surface area contributed by atoms with Crippen LogP contribution in [0.1, 0.15) is 17.5 Å². The fourth-order valence-electron chi connectivity index (χ4n) is 2.33. The number of carbonyl (C=O) groups excluding carboxylic acids is 2. The Balaban J connectivity index is 1.88. The third-order valence-electron chi connectivity index (χ3n) is 3.58. The molecule has 0 unspecified atom stereocenters. The van der Waals surface area contributed by atoms with Crippen molar-refractivity contribution < 1.29 is 19.1 Å². The van der Waals surface area contributed by atoms with Crippen molar-refractivity contribution in [3.63, 3.8) is 0 Å². The van der Waals surface area contributed by atoms with Crippen LogP contribution < -0.4 is 20.1 Å². The predicted molar refractivity (Wildman–Crippen MR) is 95.8 cm³/mol. The van der Waals surface area contributed by atoms with E-state index in [4.69, 9.17) is 9.47 Å². The molecule has 0 heterocycles. The van der Waals surface area contributed by atoms with Crippen molar-refractivity contribution in [3.05, 3.63) is 53.6 Å². The number of ether oxygens (including phenoxy) is 2. The van der Waals surface area contributed by atoms with Crippen molar-refractivity contribution in [2.24, 2.45) is 0 Å². The highest BCUT2D eigenvalue weighted by molar-refractivity contribution is 6.04. The Hall–Kier alpha value is -3.02. The molecule has 2 amide bonds. The smallest absolute Gasteiger partial charge is 0.233 e. The first-order valence-corrected chi connectivity index (χ1v) is 7.86. The quantitative estimate of drug-likeness (QED) is 0.759. The van der Waals surface area contributed by atoms with Crippen LogP contribution in [0.2, 0.25) is 0 Å². The number of benzene rings is 2. The minimum atomic E-state index is -0.412. The lowest BCUT2D eigenvalue weighted by Crippen LogP contribution is -2.27. The number of hydrogen-bond donors (Lipinski definition) is 2. The van der Waals surface area contributed by atoms with Crippen molar-refractivity contribution in [1.29, 1.82) is 0 Å². The second-order valence-corrected chi connectivity index (χ2v) is 5.56. The number of aryl methyl sites for hydroxylation is 1. The first-order chi connectivity index (χ1) is 12.0. The number of carbonyl (C=O) groups is 2. The maximum Gasteiger partial charge on any atom is 0.233 e. The molecule has 6 nitrogen and oxygen atoms in total. The highest BCUT2D eigenvalue weighted by atomic mass is 16.5.